The summed E-state index contributed by atoms with van der Waals surface area (Å²) in [5, 5.41) is 2.19. The van der Waals surface area contributed by atoms with E-state index in [9.17, 15) is 14.4 Å². The second kappa shape index (κ2) is 4.47. The van der Waals surface area contributed by atoms with Crippen LogP contribution in [-0.4, -0.2) is 29.3 Å². The molecule has 1 rings (SSSR count). The molecule has 1 fully saturated rings. The van der Waals surface area contributed by atoms with Crippen molar-refractivity contribution >= 4 is 17.8 Å². The first-order valence-corrected chi connectivity index (χ1v) is 5.34. The molecule has 1 atom stereocenters. The number of hydrogen-bond donors (Lipinski definition) is 1. The minimum absolute atomic E-state index is 0.300. The quantitative estimate of drug-likeness (QED) is 0.573. The standard InChI is InChI=1S/C11H16N2O3/c1-4-7-13-9(15)11(5-2,6-3)8(14)12-10(13)16/h5H,2,4,6-7H2,1,3H3,(H,12,14,16). The van der Waals surface area contributed by atoms with E-state index in [1.54, 1.807) is 6.92 Å². The molecular formula is C11H16N2O3. The van der Waals surface area contributed by atoms with Gasteiger partial charge in [-0.1, -0.05) is 19.9 Å². The Hall–Kier alpha value is -1.65. The lowest BCUT2D eigenvalue weighted by atomic mass is 9.81. The van der Waals surface area contributed by atoms with Crippen molar-refractivity contribution in [3.8, 4) is 0 Å². The highest BCUT2D eigenvalue weighted by molar-refractivity contribution is 6.20. The summed E-state index contributed by atoms with van der Waals surface area (Å²) in [6.07, 6.45) is 2.28. The van der Waals surface area contributed by atoms with Crippen LogP contribution in [0, 0.1) is 5.41 Å². The normalized spacial score (nSPS) is 25.6. The molecule has 0 aromatic rings. The Kier molecular flexibility index (Phi) is 3.47. The molecule has 1 saturated heterocycles. The molecule has 5 nitrogen and oxygen atoms in total. The van der Waals surface area contributed by atoms with E-state index in [1.165, 1.54) is 6.08 Å². The minimum Gasteiger partial charge on any atom is -0.276 e. The zero-order chi connectivity index (χ0) is 12.3. The fourth-order valence-electron chi connectivity index (χ4n) is 1.77. The topological polar surface area (TPSA) is 66.5 Å². The largest absolute Gasteiger partial charge is 0.330 e. The van der Waals surface area contributed by atoms with Gasteiger partial charge >= 0.3 is 6.03 Å². The molecule has 1 unspecified atom stereocenters. The Balaban J connectivity index is 3.12. The van der Waals surface area contributed by atoms with Crippen LogP contribution in [0.2, 0.25) is 0 Å². The number of carbonyl (C=O) groups is 3. The fourth-order valence-corrected chi connectivity index (χ4v) is 1.77. The predicted octanol–water partition coefficient (Wildman–Crippen LogP) is 1.06. The Morgan fingerprint density at radius 2 is 2.00 bits per heavy atom. The molecule has 4 amide bonds. The molecule has 0 radical (unpaired) electrons. The number of rotatable bonds is 4. The van der Waals surface area contributed by atoms with E-state index in [-0.39, 0.29) is 0 Å². The zero-order valence-electron chi connectivity index (χ0n) is 9.58. The monoisotopic (exact) mass is 224 g/mol. The molecule has 0 aromatic heterocycles. The lowest BCUT2D eigenvalue weighted by Crippen LogP contribution is -2.63. The molecule has 0 spiro atoms. The number of nitrogens with one attached hydrogen (secondary N) is 1. The number of imide groups is 2. The highest BCUT2D eigenvalue weighted by atomic mass is 16.2. The van der Waals surface area contributed by atoms with E-state index < -0.39 is 23.3 Å². The molecule has 0 bridgehead atoms. The Labute approximate surface area is 94.5 Å². The van der Waals surface area contributed by atoms with Crippen molar-refractivity contribution in [1.82, 2.24) is 10.2 Å². The van der Waals surface area contributed by atoms with Crippen molar-refractivity contribution in [3.05, 3.63) is 12.7 Å². The van der Waals surface area contributed by atoms with Crippen molar-refractivity contribution in [2.24, 2.45) is 5.41 Å². The van der Waals surface area contributed by atoms with E-state index in [0.29, 0.717) is 19.4 Å². The van der Waals surface area contributed by atoms with E-state index in [4.69, 9.17) is 0 Å². The molecule has 1 N–H and O–H groups in total. The first-order chi connectivity index (χ1) is 7.53. The number of amides is 4. The molecule has 0 aromatic carbocycles. The van der Waals surface area contributed by atoms with Gasteiger partial charge in [-0.2, -0.15) is 0 Å². The van der Waals surface area contributed by atoms with Gasteiger partial charge in [0.15, 0.2) is 0 Å². The van der Waals surface area contributed by atoms with E-state index in [1.807, 2.05) is 6.92 Å². The number of nitrogens with zero attached hydrogens (tertiary/aromatic N) is 1. The van der Waals surface area contributed by atoms with Crippen LogP contribution < -0.4 is 5.32 Å². The highest BCUT2D eigenvalue weighted by Gasteiger charge is 2.50. The summed E-state index contributed by atoms with van der Waals surface area (Å²) in [7, 11) is 0. The molecule has 0 aliphatic carbocycles. The van der Waals surface area contributed by atoms with Gasteiger partial charge in [-0.05, 0) is 12.8 Å². The van der Waals surface area contributed by atoms with Crippen LogP contribution in [0.5, 0.6) is 0 Å². The molecule has 5 heteroatoms. The van der Waals surface area contributed by atoms with E-state index in [0.717, 1.165) is 4.90 Å². The zero-order valence-corrected chi connectivity index (χ0v) is 9.58. The van der Waals surface area contributed by atoms with Gasteiger partial charge in [0.2, 0.25) is 11.8 Å². The smallest absolute Gasteiger partial charge is 0.276 e. The second-order valence-corrected chi connectivity index (χ2v) is 3.75. The van der Waals surface area contributed by atoms with Crippen molar-refractivity contribution in [3.63, 3.8) is 0 Å². The predicted molar refractivity (Wildman–Crippen MR) is 58.5 cm³/mol. The molecule has 88 valence electrons. The van der Waals surface area contributed by atoms with Gasteiger partial charge in [-0.25, -0.2) is 4.79 Å². The number of barbiturate groups is 1. The average Bonchev–Trinajstić information content (AvgIpc) is 2.26. The first kappa shape index (κ1) is 12.4. The maximum atomic E-state index is 12.1. The van der Waals surface area contributed by atoms with Crippen molar-refractivity contribution in [1.29, 1.82) is 0 Å². The maximum absolute atomic E-state index is 12.1. The average molecular weight is 224 g/mol. The van der Waals surface area contributed by atoms with Gasteiger partial charge in [0, 0.05) is 6.54 Å². The molecule has 1 aliphatic heterocycles. The van der Waals surface area contributed by atoms with Gasteiger partial charge in [-0.3, -0.25) is 19.8 Å². The van der Waals surface area contributed by atoms with Crippen LogP contribution in [0.4, 0.5) is 4.79 Å². The molecular weight excluding hydrogens is 208 g/mol. The SMILES string of the molecule is C=CC1(CC)C(=O)NC(=O)N(CCC)C1=O. The Morgan fingerprint density at radius 3 is 2.44 bits per heavy atom. The third-order valence-corrected chi connectivity index (χ3v) is 2.85. The van der Waals surface area contributed by atoms with Gasteiger partial charge in [0.25, 0.3) is 0 Å². The number of carbonyl (C=O) groups excluding carboxylic acids is 3. The van der Waals surface area contributed by atoms with Crippen LogP contribution in [0.25, 0.3) is 0 Å². The highest BCUT2D eigenvalue weighted by Crippen LogP contribution is 2.29. The summed E-state index contributed by atoms with van der Waals surface area (Å²) in [6, 6.07) is -0.636. The van der Waals surface area contributed by atoms with Gasteiger partial charge in [0.1, 0.15) is 5.41 Å². The number of hydrogen-bond acceptors (Lipinski definition) is 3. The van der Waals surface area contributed by atoms with Gasteiger partial charge in [-0.15, -0.1) is 6.58 Å². The first-order valence-electron chi connectivity index (χ1n) is 5.34. The summed E-state index contributed by atoms with van der Waals surface area (Å²) in [5.74, 6) is -1.05. The van der Waals surface area contributed by atoms with Crippen LogP contribution in [-0.2, 0) is 9.59 Å². The lowest BCUT2D eigenvalue weighted by molar-refractivity contribution is -0.148. The number of urea groups is 1. The Bertz CT molecular complexity index is 351. The molecule has 1 heterocycles. The van der Waals surface area contributed by atoms with Crippen LogP contribution >= 0.6 is 0 Å². The lowest BCUT2D eigenvalue weighted by Gasteiger charge is -2.36. The van der Waals surface area contributed by atoms with Crippen molar-refractivity contribution in [2.75, 3.05) is 6.54 Å². The van der Waals surface area contributed by atoms with E-state index in [2.05, 4.69) is 11.9 Å². The van der Waals surface area contributed by atoms with Crippen LogP contribution in [0.3, 0.4) is 0 Å². The summed E-state index contributed by atoms with van der Waals surface area (Å²) in [5.41, 5.74) is -1.29. The summed E-state index contributed by atoms with van der Waals surface area (Å²) >= 11 is 0. The van der Waals surface area contributed by atoms with Gasteiger partial charge < -0.3 is 0 Å². The third kappa shape index (κ3) is 1.62. The minimum atomic E-state index is -1.29. The summed E-state index contributed by atoms with van der Waals surface area (Å²) < 4.78 is 0. The molecule has 0 saturated carbocycles. The van der Waals surface area contributed by atoms with Crippen molar-refractivity contribution < 1.29 is 14.4 Å². The summed E-state index contributed by atoms with van der Waals surface area (Å²) in [4.78, 5) is 36.3. The van der Waals surface area contributed by atoms with E-state index >= 15 is 0 Å². The van der Waals surface area contributed by atoms with Crippen LogP contribution in [0.15, 0.2) is 12.7 Å². The second-order valence-electron chi connectivity index (χ2n) is 3.75. The maximum Gasteiger partial charge on any atom is 0.330 e. The Morgan fingerprint density at radius 1 is 1.38 bits per heavy atom. The summed E-state index contributed by atoms with van der Waals surface area (Å²) in [6.45, 7) is 7.42. The third-order valence-electron chi connectivity index (χ3n) is 2.85. The van der Waals surface area contributed by atoms with Gasteiger partial charge in [0.05, 0.1) is 0 Å². The van der Waals surface area contributed by atoms with Crippen LogP contribution in [0.1, 0.15) is 26.7 Å². The molecule has 1 aliphatic rings. The molecule has 16 heavy (non-hydrogen) atoms. The van der Waals surface area contributed by atoms with Crippen molar-refractivity contribution in [2.45, 2.75) is 26.7 Å². The fraction of sp³-hybridized carbons (Fsp3) is 0.545.